The van der Waals surface area contributed by atoms with E-state index in [0.29, 0.717) is 10.6 Å². The number of carbonyl (C=O) groups is 2. The van der Waals surface area contributed by atoms with Crippen molar-refractivity contribution in [1.29, 1.82) is 0 Å². The number of amides is 1. The van der Waals surface area contributed by atoms with E-state index in [0.717, 1.165) is 0 Å². The molecule has 0 fully saturated rings. The highest BCUT2D eigenvalue weighted by molar-refractivity contribution is 6.14. The third-order valence-electron chi connectivity index (χ3n) is 2.35. The van der Waals surface area contributed by atoms with Gasteiger partial charge >= 0.3 is 5.97 Å². The van der Waals surface area contributed by atoms with E-state index in [-0.39, 0.29) is 12.3 Å². The molecule has 2 heterocycles. The largest absolute Gasteiger partial charge is 0.465 e. The molecule has 6 heteroatoms. The summed E-state index contributed by atoms with van der Waals surface area (Å²) in [6.07, 6.45) is 2.78. The van der Waals surface area contributed by atoms with Gasteiger partial charge < -0.3 is 4.74 Å². The third kappa shape index (κ3) is 1.43. The van der Waals surface area contributed by atoms with Gasteiger partial charge in [-0.2, -0.15) is 5.06 Å². The van der Waals surface area contributed by atoms with Crippen molar-refractivity contribution < 1.29 is 19.5 Å². The van der Waals surface area contributed by atoms with Crippen molar-refractivity contribution in [3.63, 3.8) is 0 Å². The molecule has 1 aliphatic rings. The van der Waals surface area contributed by atoms with Crippen molar-refractivity contribution in [2.45, 2.75) is 12.8 Å². The molecule has 0 aromatic carbocycles. The van der Waals surface area contributed by atoms with Gasteiger partial charge in [0, 0.05) is 11.8 Å². The van der Waals surface area contributed by atoms with Crippen LogP contribution < -0.4 is 5.06 Å². The molecular formula is C10H10N2O4. The zero-order valence-electron chi connectivity index (χ0n) is 8.58. The Morgan fingerprint density at radius 1 is 1.69 bits per heavy atom. The Bertz CT molecular complexity index is 446. The molecule has 0 saturated heterocycles. The van der Waals surface area contributed by atoms with Gasteiger partial charge in [0.05, 0.1) is 18.5 Å². The fraction of sp³-hybridized carbons (Fsp3) is 0.300. The van der Waals surface area contributed by atoms with Gasteiger partial charge in [-0.05, 0) is 13.0 Å². The third-order valence-corrected chi connectivity index (χ3v) is 2.35. The molecule has 1 N–H and O–H groups in total. The van der Waals surface area contributed by atoms with E-state index in [4.69, 9.17) is 4.74 Å². The number of fused-ring (bicyclic) bond motifs is 1. The minimum Gasteiger partial charge on any atom is -0.465 e. The first kappa shape index (κ1) is 10.6. The first-order valence-corrected chi connectivity index (χ1v) is 4.80. The van der Waals surface area contributed by atoms with E-state index in [1.165, 1.54) is 18.5 Å². The van der Waals surface area contributed by atoms with Crippen molar-refractivity contribution in [2.24, 2.45) is 0 Å². The Morgan fingerprint density at radius 2 is 2.44 bits per heavy atom. The quantitative estimate of drug-likeness (QED) is 0.447. The number of aromatic nitrogens is 1. The summed E-state index contributed by atoms with van der Waals surface area (Å²) in [7, 11) is 0. The monoisotopic (exact) mass is 222 g/mol. The molecule has 0 saturated carbocycles. The Labute approximate surface area is 91.4 Å². The van der Waals surface area contributed by atoms with Gasteiger partial charge in [0.25, 0.3) is 5.91 Å². The predicted molar refractivity (Wildman–Crippen MR) is 52.9 cm³/mol. The molecule has 0 aliphatic carbocycles. The van der Waals surface area contributed by atoms with Gasteiger partial charge in [-0.3, -0.25) is 19.8 Å². The molecule has 0 bridgehead atoms. The van der Waals surface area contributed by atoms with Crippen LogP contribution in [-0.2, 0) is 14.3 Å². The maximum Gasteiger partial charge on any atom is 0.323 e. The number of anilines is 1. The highest BCUT2D eigenvalue weighted by Gasteiger charge is 2.42. The smallest absolute Gasteiger partial charge is 0.323 e. The average Bonchev–Trinajstić information content (AvgIpc) is 2.53. The Morgan fingerprint density at radius 3 is 3.12 bits per heavy atom. The number of carbonyl (C=O) groups excluding carboxylic acids is 2. The zero-order chi connectivity index (χ0) is 11.7. The first-order chi connectivity index (χ1) is 7.66. The Hall–Kier alpha value is -1.95. The van der Waals surface area contributed by atoms with Crippen LogP contribution in [0.5, 0.6) is 0 Å². The molecule has 2 rings (SSSR count). The van der Waals surface area contributed by atoms with Crippen LogP contribution in [0.15, 0.2) is 18.5 Å². The second kappa shape index (κ2) is 3.90. The van der Waals surface area contributed by atoms with Gasteiger partial charge in [0.2, 0.25) is 0 Å². The topological polar surface area (TPSA) is 79.7 Å². The van der Waals surface area contributed by atoms with Crippen LogP contribution in [0.25, 0.3) is 0 Å². The highest BCUT2D eigenvalue weighted by Crippen LogP contribution is 2.35. The molecular weight excluding hydrogens is 212 g/mol. The number of hydroxylamine groups is 1. The van der Waals surface area contributed by atoms with Crippen LogP contribution in [-0.4, -0.2) is 28.7 Å². The van der Waals surface area contributed by atoms with E-state index in [2.05, 4.69) is 4.98 Å². The number of pyridine rings is 1. The van der Waals surface area contributed by atoms with Crippen LogP contribution in [0.4, 0.5) is 5.69 Å². The maximum absolute atomic E-state index is 11.6. The van der Waals surface area contributed by atoms with Crippen molar-refractivity contribution >= 4 is 17.6 Å². The average molecular weight is 222 g/mol. The van der Waals surface area contributed by atoms with E-state index in [1.54, 1.807) is 6.92 Å². The molecule has 84 valence electrons. The lowest BCUT2D eigenvalue weighted by Gasteiger charge is -2.08. The van der Waals surface area contributed by atoms with Gasteiger partial charge in [0.1, 0.15) is 0 Å². The maximum atomic E-state index is 11.6. The van der Waals surface area contributed by atoms with Crippen LogP contribution >= 0.6 is 0 Å². The van der Waals surface area contributed by atoms with E-state index >= 15 is 0 Å². The number of esters is 1. The first-order valence-electron chi connectivity index (χ1n) is 4.80. The van der Waals surface area contributed by atoms with Crippen LogP contribution in [0.1, 0.15) is 18.4 Å². The van der Waals surface area contributed by atoms with Crippen molar-refractivity contribution in [2.75, 3.05) is 11.7 Å². The molecule has 1 atom stereocenters. The summed E-state index contributed by atoms with van der Waals surface area (Å²) in [6.45, 7) is 1.84. The van der Waals surface area contributed by atoms with Crippen molar-refractivity contribution in [3.8, 4) is 0 Å². The summed E-state index contributed by atoms with van der Waals surface area (Å²) in [6, 6.07) is 1.52. The summed E-state index contributed by atoms with van der Waals surface area (Å²) in [5.74, 6) is -2.44. The second-order valence-electron chi connectivity index (χ2n) is 3.27. The zero-order valence-corrected chi connectivity index (χ0v) is 8.58. The van der Waals surface area contributed by atoms with Crippen molar-refractivity contribution in [3.05, 3.63) is 24.0 Å². The van der Waals surface area contributed by atoms with Crippen LogP contribution in [0.3, 0.4) is 0 Å². The van der Waals surface area contributed by atoms with E-state index in [9.17, 15) is 14.8 Å². The fourth-order valence-electron chi connectivity index (χ4n) is 1.65. The molecule has 1 amide bonds. The molecule has 1 aromatic heterocycles. The van der Waals surface area contributed by atoms with E-state index < -0.39 is 17.8 Å². The SMILES string of the molecule is CCOC(=O)[C@H]1C(=O)N(O)c2cnccc21. The predicted octanol–water partition coefficient (Wildman–Crippen LogP) is 0.464. The molecule has 6 nitrogen and oxygen atoms in total. The Balaban J connectivity index is 2.41. The molecule has 0 radical (unpaired) electrons. The summed E-state index contributed by atoms with van der Waals surface area (Å²) < 4.78 is 4.78. The van der Waals surface area contributed by atoms with Crippen LogP contribution in [0.2, 0.25) is 0 Å². The number of hydrogen-bond acceptors (Lipinski definition) is 5. The standard InChI is InChI=1S/C10H10N2O4/c1-2-16-10(14)8-6-3-4-11-5-7(6)12(15)9(8)13/h3-5,8,15H,2H2,1H3/t8-/m1/s1. The molecule has 0 unspecified atom stereocenters. The fourth-order valence-corrected chi connectivity index (χ4v) is 1.65. The molecule has 0 spiro atoms. The lowest BCUT2D eigenvalue weighted by atomic mass is 10.0. The number of nitrogens with zero attached hydrogens (tertiary/aromatic N) is 2. The summed E-state index contributed by atoms with van der Waals surface area (Å²) in [5, 5.41) is 9.91. The normalized spacial score (nSPS) is 18.5. The Kier molecular flexibility index (Phi) is 2.57. The lowest BCUT2D eigenvalue weighted by molar-refractivity contribution is -0.148. The minimum absolute atomic E-state index is 0.189. The summed E-state index contributed by atoms with van der Waals surface area (Å²) >= 11 is 0. The van der Waals surface area contributed by atoms with Crippen LogP contribution in [0, 0.1) is 0 Å². The lowest BCUT2D eigenvalue weighted by Crippen LogP contribution is -2.29. The van der Waals surface area contributed by atoms with Gasteiger partial charge in [-0.1, -0.05) is 0 Å². The molecule has 1 aliphatic heterocycles. The van der Waals surface area contributed by atoms with Gasteiger partial charge in [0.15, 0.2) is 5.92 Å². The summed E-state index contributed by atoms with van der Waals surface area (Å²) in [5.41, 5.74) is 0.645. The van der Waals surface area contributed by atoms with Gasteiger partial charge in [-0.25, -0.2) is 0 Å². The number of ether oxygens (including phenoxy) is 1. The van der Waals surface area contributed by atoms with Crippen molar-refractivity contribution in [1.82, 2.24) is 4.98 Å². The minimum atomic E-state index is -1.08. The van der Waals surface area contributed by atoms with Gasteiger partial charge in [-0.15, -0.1) is 0 Å². The molecule has 16 heavy (non-hydrogen) atoms. The second-order valence-corrected chi connectivity index (χ2v) is 3.27. The molecule has 1 aromatic rings. The number of rotatable bonds is 2. The number of hydrogen-bond donors (Lipinski definition) is 1. The summed E-state index contributed by atoms with van der Waals surface area (Å²) in [4.78, 5) is 27.0. The highest BCUT2D eigenvalue weighted by atomic mass is 16.5. The van der Waals surface area contributed by atoms with E-state index in [1.807, 2.05) is 0 Å².